The third-order valence-corrected chi connectivity index (χ3v) is 3.21. The monoisotopic (exact) mass is 287 g/mol. The Morgan fingerprint density at radius 1 is 1.14 bits per heavy atom. The molecule has 0 fully saturated rings. The van der Waals surface area contributed by atoms with E-state index in [1.165, 1.54) is 12.1 Å². The number of benzene rings is 1. The molecule has 112 valence electrons. The number of aromatic nitrogens is 1. The second-order valence-corrected chi connectivity index (χ2v) is 5.24. The average Bonchev–Trinajstić information content (AvgIpc) is 2.48. The Hall–Kier alpha value is -1.94. The van der Waals surface area contributed by atoms with E-state index in [0.29, 0.717) is 6.04 Å². The summed E-state index contributed by atoms with van der Waals surface area (Å²) < 4.78 is 13.1. The van der Waals surface area contributed by atoms with Crippen LogP contribution in [0.5, 0.6) is 0 Å². The maximum absolute atomic E-state index is 13.1. The van der Waals surface area contributed by atoms with Gasteiger partial charge in [0.25, 0.3) is 0 Å². The van der Waals surface area contributed by atoms with Gasteiger partial charge in [0.05, 0.1) is 5.69 Å². The predicted octanol–water partition coefficient (Wildman–Crippen LogP) is 3.88. The van der Waals surface area contributed by atoms with Crippen LogP contribution in [0.1, 0.15) is 26.5 Å². The van der Waals surface area contributed by atoms with Gasteiger partial charge in [-0.15, -0.1) is 0 Å². The molecule has 0 amide bonds. The summed E-state index contributed by atoms with van der Waals surface area (Å²) in [6, 6.07) is 12.9. The van der Waals surface area contributed by atoms with Crippen molar-refractivity contribution in [1.29, 1.82) is 0 Å². The molecule has 4 heteroatoms. The molecule has 0 aliphatic carbocycles. The number of hydrogen-bond acceptors (Lipinski definition) is 3. The highest BCUT2D eigenvalue weighted by Crippen LogP contribution is 2.23. The average molecular weight is 287 g/mol. The van der Waals surface area contributed by atoms with Crippen molar-refractivity contribution in [2.45, 2.75) is 33.4 Å². The fourth-order valence-corrected chi connectivity index (χ4v) is 2.12. The minimum absolute atomic E-state index is 0.224. The number of rotatable bonds is 6. The Bertz CT molecular complexity index is 567. The van der Waals surface area contributed by atoms with Gasteiger partial charge >= 0.3 is 0 Å². The van der Waals surface area contributed by atoms with Crippen molar-refractivity contribution in [3.63, 3.8) is 0 Å². The second-order valence-electron chi connectivity index (χ2n) is 5.24. The standard InChI is InChI=1S/C17H22FN3/c1-4-21(16-10-8-14(18)9-11-16)17-7-5-6-15(20-17)12-19-13(2)3/h5-11,13,19H,4,12H2,1-3H3. The van der Waals surface area contributed by atoms with Gasteiger partial charge in [0, 0.05) is 24.8 Å². The Balaban J connectivity index is 2.21. The Labute approximate surface area is 125 Å². The third-order valence-electron chi connectivity index (χ3n) is 3.21. The topological polar surface area (TPSA) is 28.2 Å². The summed E-state index contributed by atoms with van der Waals surface area (Å²) in [6.45, 7) is 7.80. The normalized spacial score (nSPS) is 10.9. The largest absolute Gasteiger partial charge is 0.327 e. The van der Waals surface area contributed by atoms with Gasteiger partial charge in [0.15, 0.2) is 0 Å². The number of nitrogens with zero attached hydrogens (tertiary/aromatic N) is 2. The zero-order valence-electron chi connectivity index (χ0n) is 12.8. The lowest BCUT2D eigenvalue weighted by Crippen LogP contribution is -2.23. The lowest BCUT2D eigenvalue weighted by atomic mass is 10.2. The molecule has 0 aliphatic rings. The van der Waals surface area contributed by atoms with Crippen LogP contribution in [0.2, 0.25) is 0 Å². The summed E-state index contributed by atoms with van der Waals surface area (Å²) >= 11 is 0. The van der Waals surface area contributed by atoms with Crippen molar-refractivity contribution in [2.24, 2.45) is 0 Å². The first kappa shape index (κ1) is 15.4. The summed E-state index contributed by atoms with van der Waals surface area (Å²) in [7, 11) is 0. The highest BCUT2D eigenvalue weighted by Gasteiger charge is 2.09. The predicted molar refractivity (Wildman–Crippen MR) is 85.3 cm³/mol. The van der Waals surface area contributed by atoms with Crippen molar-refractivity contribution in [1.82, 2.24) is 10.3 Å². The van der Waals surface area contributed by atoms with E-state index in [2.05, 4.69) is 36.0 Å². The van der Waals surface area contributed by atoms with E-state index in [4.69, 9.17) is 0 Å². The third kappa shape index (κ3) is 4.26. The van der Waals surface area contributed by atoms with Gasteiger partial charge in [0.1, 0.15) is 11.6 Å². The van der Waals surface area contributed by atoms with Crippen LogP contribution in [-0.2, 0) is 6.54 Å². The van der Waals surface area contributed by atoms with Crippen molar-refractivity contribution >= 4 is 11.5 Å². The number of anilines is 2. The van der Waals surface area contributed by atoms with E-state index < -0.39 is 0 Å². The zero-order chi connectivity index (χ0) is 15.2. The molecule has 1 aromatic carbocycles. The van der Waals surface area contributed by atoms with Gasteiger partial charge in [-0.1, -0.05) is 19.9 Å². The lowest BCUT2D eigenvalue weighted by molar-refractivity contribution is 0.581. The molecule has 3 nitrogen and oxygen atoms in total. The van der Waals surface area contributed by atoms with Crippen molar-refractivity contribution in [3.8, 4) is 0 Å². The van der Waals surface area contributed by atoms with E-state index >= 15 is 0 Å². The minimum Gasteiger partial charge on any atom is -0.327 e. The van der Waals surface area contributed by atoms with E-state index in [1.807, 2.05) is 18.2 Å². The first-order valence-electron chi connectivity index (χ1n) is 7.32. The van der Waals surface area contributed by atoms with E-state index in [1.54, 1.807) is 12.1 Å². The molecule has 2 rings (SSSR count). The molecule has 0 radical (unpaired) electrons. The molecule has 1 aromatic heterocycles. The van der Waals surface area contributed by atoms with Crippen molar-refractivity contribution < 1.29 is 4.39 Å². The van der Waals surface area contributed by atoms with E-state index in [9.17, 15) is 4.39 Å². The smallest absolute Gasteiger partial charge is 0.133 e. The Kier molecular flexibility index (Phi) is 5.28. The SMILES string of the molecule is CCN(c1ccc(F)cc1)c1cccc(CNC(C)C)n1. The summed E-state index contributed by atoms with van der Waals surface area (Å²) in [5.74, 6) is 0.657. The Morgan fingerprint density at radius 2 is 1.86 bits per heavy atom. The quantitative estimate of drug-likeness (QED) is 0.874. The first-order valence-corrected chi connectivity index (χ1v) is 7.32. The fourth-order valence-electron chi connectivity index (χ4n) is 2.12. The maximum atomic E-state index is 13.1. The molecule has 0 unspecified atom stereocenters. The molecular weight excluding hydrogens is 265 g/mol. The van der Waals surface area contributed by atoms with Crippen molar-refractivity contribution in [2.75, 3.05) is 11.4 Å². The molecule has 0 atom stereocenters. The zero-order valence-corrected chi connectivity index (χ0v) is 12.8. The van der Waals surface area contributed by atoms with Gasteiger partial charge in [-0.25, -0.2) is 9.37 Å². The summed E-state index contributed by atoms with van der Waals surface area (Å²) in [6.07, 6.45) is 0. The van der Waals surface area contributed by atoms with Crippen LogP contribution in [0.3, 0.4) is 0 Å². The van der Waals surface area contributed by atoms with Crippen LogP contribution in [0.4, 0.5) is 15.9 Å². The van der Waals surface area contributed by atoms with Gasteiger partial charge in [-0.05, 0) is 43.3 Å². The molecule has 1 N–H and O–H groups in total. The van der Waals surface area contributed by atoms with E-state index in [0.717, 1.165) is 30.3 Å². The molecule has 0 aliphatic heterocycles. The second kappa shape index (κ2) is 7.18. The number of hydrogen-bond donors (Lipinski definition) is 1. The van der Waals surface area contributed by atoms with Gasteiger partial charge in [0.2, 0.25) is 0 Å². The van der Waals surface area contributed by atoms with Gasteiger partial charge in [-0.2, -0.15) is 0 Å². The molecule has 0 saturated heterocycles. The van der Waals surface area contributed by atoms with Gasteiger partial charge in [-0.3, -0.25) is 0 Å². The van der Waals surface area contributed by atoms with Crippen molar-refractivity contribution in [3.05, 3.63) is 54.0 Å². The van der Waals surface area contributed by atoms with E-state index in [-0.39, 0.29) is 5.82 Å². The molecule has 0 spiro atoms. The molecule has 0 bridgehead atoms. The molecule has 21 heavy (non-hydrogen) atoms. The van der Waals surface area contributed by atoms with Crippen LogP contribution < -0.4 is 10.2 Å². The number of nitrogens with one attached hydrogen (secondary N) is 1. The van der Waals surface area contributed by atoms with Crippen LogP contribution in [-0.4, -0.2) is 17.6 Å². The maximum Gasteiger partial charge on any atom is 0.133 e. The number of pyridine rings is 1. The summed E-state index contributed by atoms with van der Waals surface area (Å²) in [5.41, 5.74) is 1.95. The number of halogens is 1. The summed E-state index contributed by atoms with van der Waals surface area (Å²) in [4.78, 5) is 6.75. The summed E-state index contributed by atoms with van der Waals surface area (Å²) in [5, 5.41) is 3.36. The lowest BCUT2D eigenvalue weighted by Gasteiger charge is -2.22. The minimum atomic E-state index is -0.224. The molecular formula is C17H22FN3. The van der Waals surface area contributed by atoms with Gasteiger partial charge < -0.3 is 10.2 Å². The Morgan fingerprint density at radius 3 is 2.48 bits per heavy atom. The van der Waals surface area contributed by atoms with Crippen LogP contribution >= 0.6 is 0 Å². The molecule has 1 heterocycles. The molecule has 0 saturated carbocycles. The fraction of sp³-hybridized carbons (Fsp3) is 0.353. The van der Waals surface area contributed by atoms with Crippen LogP contribution in [0.15, 0.2) is 42.5 Å². The highest BCUT2D eigenvalue weighted by molar-refractivity contribution is 5.59. The molecule has 2 aromatic rings. The first-order chi connectivity index (χ1) is 10.1. The van der Waals surface area contributed by atoms with Crippen LogP contribution in [0.25, 0.3) is 0 Å². The van der Waals surface area contributed by atoms with Crippen LogP contribution in [0, 0.1) is 5.82 Å². The highest BCUT2D eigenvalue weighted by atomic mass is 19.1.